The van der Waals surface area contributed by atoms with Gasteiger partial charge in [0, 0.05) is 24.8 Å². The molecule has 4 rings (SSSR count). The number of fused-ring (bicyclic) bond motifs is 1. The molecule has 188 valence electrons. The zero-order valence-corrected chi connectivity index (χ0v) is 21.5. The van der Waals surface area contributed by atoms with E-state index >= 15 is 0 Å². The van der Waals surface area contributed by atoms with Crippen molar-refractivity contribution in [2.75, 3.05) is 23.7 Å². The first-order valence-corrected chi connectivity index (χ1v) is 12.9. The number of hydrogen-bond donors (Lipinski definition) is 2. The Bertz CT molecular complexity index is 1380. The van der Waals surface area contributed by atoms with Crippen molar-refractivity contribution in [1.82, 2.24) is 24.9 Å². The predicted octanol–water partition coefficient (Wildman–Crippen LogP) is 3.08. The van der Waals surface area contributed by atoms with Crippen molar-refractivity contribution >= 4 is 44.7 Å². The fourth-order valence-corrected chi connectivity index (χ4v) is 5.75. The lowest BCUT2D eigenvalue weighted by molar-refractivity contribution is 0.0448. The summed E-state index contributed by atoms with van der Waals surface area (Å²) in [5.41, 5.74) is 5.23. The minimum absolute atomic E-state index is 0.0783. The van der Waals surface area contributed by atoms with Gasteiger partial charge in [-0.25, -0.2) is 27.7 Å². The summed E-state index contributed by atoms with van der Waals surface area (Å²) >= 11 is 6.14. The molecule has 13 heteroatoms. The number of anilines is 2. The standard InChI is InChI=1S/C22H28ClN7O4S/c1-21(2,3)34-20(31)28-22(4)7-11-29(12-8-22)19-14-5-10-27-30(14)16(13-26-19)35(32,33)15-6-9-25-18(24)17(15)23/h5-6,9-10,13H,7-8,11-12H2,1-4H3,(H2,24,25)(H,28,31). The van der Waals surface area contributed by atoms with E-state index < -0.39 is 27.1 Å². The Morgan fingerprint density at radius 2 is 1.89 bits per heavy atom. The Hall–Kier alpha value is -3.12. The van der Waals surface area contributed by atoms with Crippen LogP contribution in [-0.4, -0.2) is 58.3 Å². The molecule has 4 heterocycles. The molecule has 1 amide bonds. The highest BCUT2D eigenvalue weighted by molar-refractivity contribution is 7.91. The van der Waals surface area contributed by atoms with Gasteiger partial charge in [0.2, 0.25) is 9.84 Å². The number of nitrogens with one attached hydrogen (secondary N) is 1. The molecule has 0 aliphatic carbocycles. The van der Waals surface area contributed by atoms with Crippen LogP contribution in [0.1, 0.15) is 40.5 Å². The average Bonchev–Trinajstić information content (AvgIpc) is 3.23. The molecule has 1 fully saturated rings. The van der Waals surface area contributed by atoms with Crippen LogP contribution in [0.4, 0.5) is 16.4 Å². The van der Waals surface area contributed by atoms with Gasteiger partial charge in [0.05, 0.1) is 17.3 Å². The number of pyridine rings is 1. The minimum Gasteiger partial charge on any atom is -0.444 e. The maximum absolute atomic E-state index is 13.4. The van der Waals surface area contributed by atoms with Crippen LogP contribution in [0, 0.1) is 0 Å². The molecule has 0 saturated carbocycles. The molecule has 3 N–H and O–H groups in total. The summed E-state index contributed by atoms with van der Waals surface area (Å²) in [6.07, 6.45) is 4.92. The van der Waals surface area contributed by atoms with Gasteiger partial charge in [-0.1, -0.05) is 11.6 Å². The lowest BCUT2D eigenvalue weighted by Crippen LogP contribution is -2.54. The van der Waals surface area contributed by atoms with Crippen LogP contribution in [0.15, 0.2) is 40.6 Å². The van der Waals surface area contributed by atoms with Crippen LogP contribution in [0.3, 0.4) is 0 Å². The number of hydrogen-bond acceptors (Lipinski definition) is 9. The normalized spacial score (nSPS) is 16.3. The molecule has 0 radical (unpaired) electrons. The number of nitrogen functional groups attached to an aromatic ring is 1. The van der Waals surface area contributed by atoms with Crippen molar-refractivity contribution in [3.05, 3.63) is 35.7 Å². The summed E-state index contributed by atoms with van der Waals surface area (Å²) in [6.45, 7) is 8.64. The molecule has 1 saturated heterocycles. The zero-order valence-electron chi connectivity index (χ0n) is 19.9. The van der Waals surface area contributed by atoms with Crippen molar-refractivity contribution in [2.24, 2.45) is 0 Å². The third-order valence-electron chi connectivity index (χ3n) is 5.79. The van der Waals surface area contributed by atoms with Crippen LogP contribution in [0.2, 0.25) is 5.02 Å². The summed E-state index contributed by atoms with van der Waals surface area (Å²) in [4.78, 5) is 22.5. The molecular formula is C22H28ClN7O4S. The second-order valence-electron chi connectivity index (χ2n) is 9.73. The Balaban J connectivity index is 1.59. The summed E-state index contributed by atoms with van der Waals surface area (Å²) < 4.78 is 33.4. The largest absolute Gasteiger partial charge is 0.444 e. The number of ether oxygens (including phenoxy) is 1. The molecule has 0 unspecified atom stereocenters. The van der Waals surface area contributed by atoms with Crippen molar-refractivity contribution in [1.29, 1.82) is 0 Å². The quantitative estimate of drug-likeness (QED) is 0.528. The van der Waals surface area contributed by atoms with E-state index in [2.05, 4.69) is 20.4 Å². The summed E-state index contributed by atoms with van der Waals surface area (Å²) in [7, 11) is -4.08. The number of rotatable bonds is 4. The van der Waals surface area contributed by atoms with Crippen molar-refractivity contribution < 1.29 is 17.9 Å². The van der Waals surface area contributed by atoms with E-state index in [9.17, 15) is 13.2 Å². The first-order valence-electron chi connectivity index (χ1n) is 11.0. The molecule has 0 spiro atoms. The monoisotopic (exact) mass is 521 g/mol. The molecule has 0 atom stereocenters. The Labute approximate surface area is 208 Å². The second-order valence-corrected chi connectivity index (χ2v) is 12.0. The van der Waals surface area contributed by atoms with Crippen molar-refractivity contribution in [3.63, 3.8) is 0 Å². The number of piperidine rings is 1. The summed E-state index contributed by atoms with van der Waals surface area (Å²) in [6, 6.07) is 3.00. The summed E-state index contributed by atoms with van der Waals surface area (Å²) in [5, 5.41) is 6.92. The second kappa shape index (κ2) is 8.83. The zero-order chi connectivity index (χ0) is 25.6. The SMILES string of the molecule is CC1(NC(=O)OC(C)(C)C)CCN(c2ncc(S(=O)(=O)c3ccnc(N)c3Cl)n3nccc23)CC1. The number of nitrogens with zero attached hydrogens (tertiary/aromatic N) is 5. The molecule has 1 aliphatic heterocycles. The topological polar surface area (TPSA) is 145 Å². The van der Waals surface area contributed by atoms with E-state index in [1.54, 1.807) is 6.07 Å². The van der Waals surface area contributed by atoms with Gasteiger partial charge in [0.25, 0.3) is 0 Å². The van der Waals surface area contributed by atoms with E-state index in [-0.39, 0.29) is 20.8 Å². The van der Waals surface area contributed by atoms with Crippen LogP contribution >= 0.6 is 11.6 Å². The predicted molar refractivity (Wildman–Crippen MR) is 131 cm³/mol. The van der Waals surface area contributed by atoms with Crippen molar-refractivity contribution in [2.45, 2.75) is 61.6 Å². The van der Waals surface area contributed by atoms with Gasteiger partial charge in [0.15, 0.2) is 10.8 Å². The number of halogens is 1. The van der Waals surface area contributed by atoms with Gasteiger partial charge in [-0.05, 0) is 52.7 Å². The van der Waals surface area contributed by atoms with Crippen LogP contribution in [-0.2, 0) is 14.6 Å². The molecule has 0 aromatic carbocycles. The number of carbonyl (C=O) groups excluding carboxylic acids is 1. The number of sulfone groups is 1. The lowest BCUT2D eigenvalue weighted by atomic mass is 9.90. The Morgan fingerprint density at radius 1 is 1.20 bits per heavy atom. The van der Waals surface area contributed by atoms with Gasteiger partial charge in [-0.2, -0.15) is 5.10 Å². The highest BCUT2D eigenvalue weighted by atomic mass is 35.5. The molecule has 3 aromatic heterocycles. The van der Waals surface area contributed by atoms with E-state index in [1.807, 2.05) is 32.6 Å². The van der Waals surface area contributed by atoms with Gasteiger partial charge < -0.3 is 20.7 Å². The smallest absolute Gasteiger partial charge is 0.408 e. The maximum atomic E-state index is 13.4. The molecular weight excluding hydrogens is 494 g/mol. The fraction of sp³-hybridized carbons (Fsp3) is 0.455. The van der Waals surface area contributed by atoms with Crippen LogP contribution < -0.4 is 16.0 Å². The first kappa shape index (κ1) is 25.0. The lowest BCUT2D eigenvalue weighted by Gasteiger charge is -2.40. The Morgan fingerprint density at radius 3 is 2.54 bits per heavy atom. The van der Waals surface area contributed by atoms with Gasteiger partial charge in [-0.15, -0.1) is 0 Å². The van der Waals surface area contributed by atoms with Gasteiger partial charge >= 0.3 is 6.09 Å². The highest BCUT2D eigenvalue weighted by Gasteiger charge is 2.35. The van der Waals surface area contributed by atoms with E-state index in [4.69, 9.17) is 22.1 Å². The number of aromatic nitrogens is 4. The molecule has 35 heavy (non-hydrogen) atoms. The Kier molecular flexibility index (Phi) is 6.30. The van der Waals surface area contributed by atoms with Crippen molar-refractivity contribution in [3.8, 4) is 0 Å². The third-order valence-corrected chi connectivity index (χ3v) is 8.05. The molecule has 11 nitrogen and oxygen atoms in total. The number of alkyl carbamates (subject to hydrolysis) is 1. The molecule has 1 aliphatic rings. The van der Waals surface area contributed by atoms with E-state index in [0.29, 0.717) is 37.3 Å². The van der Waals surface area contributed by atoms with Crippen LogP contribution in [0.5, 0.6) is 0 Å². The third kappa shape index (κ3) is 4.98. The van der Waals surface area contributed by atoms with Gasteiger partial charge in [-0.3, -0.25) is 0 Å². The maximum Gasteiger partial charge on any atom is 0.408 e. The van der Waals surface area contributed by atoms with E-state index in [0.717, 1.165) is 0 Å². The minimum atomic E-state index is -4.08. The van der Waals surface area contributed by atoms with Gasteiger partial charge in [0.1, 0.15) is 22.0 Å². The average molecular weight is 522 g/mol. The number of amides is 1. The highest BCUT2D eigenvalue weighted by Crippen LogP contribution is 2.33. The van der Waals surface area contributed by atoms with E-state index in [1.165, 1.54) is 29.2 Å². The fourth-order valence-electron chi connectivity index (χ4n) is 3.96. The first-order chi connectivity index (χ1) is 16.3. The number of carbonyl (C=O) groups is 1. The molecule has 3 aromatic rings. The molecule has 0 bridgehead atoms. The van der Waals surface area contributed by atoms with Crippen LogP contribution in [0.25, 0.3) is 5.52 Å². The summed E-state index contributed by atoms with van der Waals surface area (Å²) in [5.74, 6) is 0.520. The number of nitrogens with two attached hydrogens (primary N) is 1.